The zero-order chi connectivity index (χ0) is 19.8. The number of guanidine groups is 1. The van der Waals surface area contributed by atoms with Crippen LogP contribution in [0.3, 0.4) is 0 Å². The van der Waals surface area contributed by atoms with E-state index in [4.69, 9.17) is 10.2 Å². The minimum atomic E-state index is -0.274. The monoisotopic (exact) mass is 512 g/mol. The maximum Gasteiger partial charge on any atom is 0.231 e. The average molecular weight is 512 g/mol. The molecule has 0 atom stereocenters. The van der Waals surface area contributed by atoms with Crippen LogP contribution in [0.5, 0.6) is 0 Å². The highest BCUT2D eigenvalue weighted by atomic mass is 127. The van der Waals surface area contributed by atoms with Gasteiger partial charge in [-0.05, 0) is 31.9 Å². The number of nitrogens with two attached hydrogens (primary N) is 1. The summed E-state index contributed by atoms with van der Waals surface area (Å²) in [5.74, 6) is 1.09. The van der Waals surface area contributed by atoms with Gasteiger partial charge in [0.25, 0.3) is 0 Å². The fraction of sp³-hybridized carbons (Fsp3) is 0.450. The molecule has 1 amide bonds. The lowest BCUT2D eigenvalue weighted by molar-refractivity contribution is -0.119. The van der Waals surface area contributed by atoms with E-state index in [2.05, 4.69) is 25.5 Å². The molecule has 1 saturated heterocycles. The molecule has 158 valence electrons. The second kappa shape index (κ2) is 11.8. The molecule has 0 radical (unpaired) electrons. The number of primary amides is 1. The summed E-state index contributed by atoms with van der Waals surface area (Å²) < 4.78 is 5.57. The van der Waals surface area contributed by atoms with E-state index in [1.807, 2.05) is 37.3 Å². The molecule has 0 saturated carbocycles. The Bertz CT molecular complexity index is 787. The molecule has 1 aliphatic heterocycles. The summed E-state index contributed by atoms with van der Waals surface area (Å²) in [6.45, 7) is 5.28. The van der Waals surface area contributed by atoms with Gasteiger partial charge in [-0.2, -0.15) is 0 Å². The summed E-state index contributed by atoms with van der Waals surface area (Å²) >= 11 is 0. The maximum atomic E-state index is 11.0. The number of hydrogen-bond acceptors (Lipinski definition) is 5. The van der Waals surface area contributed by atoms with Gasteiger partial charge in [0.05, 0.1) is 13.1 Å². The van der Waals surface area contributed by atoms with Gasteiger partial charge in [0.2, 0.25) is 11.8 Å². The molecule has 0 aliphatic carbocycles. The van der Waals surface area contributed by atoms with Crippen LogP contribution in [-0.4, -0.2) is 54.0 Å². The Kier molecular flexibility index (Phi) is 9.39. The molecule has 1 fully saturated rings. The number of carbonyl (C=O) groups excluding carboxylic acids is 1. The van der Waals surface area contributed by atoms with Crippen LogP contribution in [0.2, 0.25) is 0 Å². The molecule has 1 aliphatic rings. The van der Waals surface area contributed by atoms with E-state index in [0.29, 0.717) is 25.0 Å². The van der Waals surface area contributed by atoms with Crippen molar-refractivity contribution < 1.29 is 9.21 Å². The molecule has 0 spiro atoms. The predicted octanol–water partition coefficient (Wildman–Crippen LogP) is 1.96. The molecule has 0 bridgehead atoms. The van der Waals surface area contributed by atoms with Crippen LogP contribution in [0, 0.1) is 0 Å². The number of carbonyl (C=O) groups is 1. The molecule has 2 heterocycles. The van der Waals surface area contributed by atoms with Crippen LogP contribution >= 0.6 is 24.0 Å². The van der Waals surface area contributed by atoms with E-state index >= 15 is 0 Å². The van der Waals surface area contributed by atoms with Crippen LogP contribution in [0.25, 0.3) is 11.5 Å². The van der Waals surface area contributed by atoms with Gasteiger partial charge in [0.1, 0.15) is 12.0 Å². The molecule has 3 rings (SSSR count). The number of nitrogens with zero attached hydrogens (tertiary/aromatic N) is 3. The highest BCUT2D eigenvalue weighted by Gasteiger charge is 2.20. The van der Waals surface area contributed by atoms with Gasteiger partial charge >= 0.3 is 0 Å². The number of rotatable bonds is 7. The first kappa shape index (κ1) is 23.1. The predicted molar refractivity (Wildman–Crippen MR) is 124 cm³/mol. The number of nitrogens with one attached hydrogen (secondary N) is 2. The average Bonchev–Trinajstić information content (AvgIpc) is 3.17. The minimum Gasteiger partial charge on any atom is -0.444 e. The summed E-state index contributed by atoms with van der Waals surface area (Å²) in [4.78, 5) is 22.3. The number of benzene rings is 1. The first-order chi connectivity index (χ1) is 13.6. The van der Waals surface area contributed by atoms with Gasteiger partial charge in [-0.1, -0.05) is 18.2 Å². The van der Waals surface area contributed by atoms with Gasteiger partial charge in [0, 0.05) is 31.2 Å². The fourth-order valence-electron chi connectivity index (χ4n) is 3.22. The van der Waals surface area contributed by atoms with Crippen molar-refractivity contribution in [2.24, 2.45) is 10.7 Å². The van der Waals surface area contributed by atoms with E-state index in [9.17, 15) is 4.79 Å². The van der Waals surface area contributed by atoms with E-state index in [-0.39, 0.29) is 29.9 Å². The Morgan fingerprint density at radius 1 is 1.31 bits per heavy atom. The number of hydrogen-bond donors (Lipinski definition) is 3. The van der Waals surface area contributed by atoms with E-state index in [1.54, 1.807) is 6.26 Å². The van der Waals surface area contributed by atoms with Crippen molar-refractivity contribution in [1.29, 1.82) is 0 Å². The van der Waals surface area contributed by atoms with Crippen LogP contribution in [0.1, 0.15) is 25.5 Å². The third kappa shape index (κ3) is 7.32. The summed E-state index contributed by atoms with van der Waals surface area (Å²) in [6.07, 6.45) is 3.54. The largest absolute Gasteiger partial charge is 0.444 e. The van der Waals surface area contributed by atoms with E-state index < -0.39 is 0 Å². The molecule has 4 N–H and O–H groups in total. The Hall–Kier alpha value is -2.14. The fourth-order valence-corrected chi connectivity index (χ4v) is 3.22. The first-order valence-electron chi connectivity index (χ1n) is 9.69. The lowest BCUT2D eigenvalue weighted by Gasteiger charge is -2.32. The van der Waals surface area contributed by atoms with Crippen molar-refractivity contribution in [1.82, 2.24) is 20.5 Å². The maximum absolute atomic E-state index is 11.0. The lowest BCUT2D eigenvalue weighted by Crippen LogP contribution is -2.49. The minimum absolute atomic E-state index is 0. The molecule has 0 unspecified atom stereocenters. The standard InChI is InChI=1S/C20H28N6O2.HI/c1-2-22-20(25-16-8-10-26(11-9-16)13-18(21)27)23-12-17-14-28-19(24-17)15-6-4-3-5-7-15;/h3-7,14,16H,2,8-13H2,1H3,(H2,21,27)(H2,22,23,25);1H. The Morgan fingerprint density at radius 3 is 2.69 bits per heavy atom. The molecule has 1 aromatic carbocycles. The number of halogens is 1. The van der Waals surface area contributed by atoms with Crippen molar-refractivity contribution in [3.63, 3.8) is 0 Å². The van der Waals surface area contributed by atoms with Crippen molar-refractivity contribution in [3.8, 4) is 11.5 Å². The summed E-state index contributed by atoms with van der Waals surface area (Å²) in [6, 6.07) is 10.1. The molecule has 9 heteroatoms. The van der Waals surface area contributed by atoms with Gasteiger partial charge < -0.3 is 20.8 Å². The molecular weight excluding hydrogens is 483 g/mol. The number of amides is 1. The van der Waals surface area contributed by atoms with Crippen LogP contribution in [0.15, 0.2) is 46.0 Å². The Balaban J connectivity index is 0.00000300. The quantitative estimate of drug-likeness (QED) is 0.298. The number of aromatic nitrogens is 1. The second-order valence-electron chi connectivity index (χ2n) is 6.87. The van der Waals surface area contributed by atoms with Crippen molar-refractivity contribution >= 4 is 35.8 Å². The third-order valence-electron chi connectivity index (χ3n) is 4.62. The molecule has 2 aromatic rings. The highest BCUT2D eigenvalue weighted by molar-refractivity contribution is 14.0. The summed E-state index contributed by atoms with van der Waals surface area (Å²) in [5, 5.41) is 6.75. The summed E-state index contributed by atoms with van der Waals surface area (Å²) in [7, 11) is 0. The van der Waals surface area contributed by atoms with Crippen molar-refractivity contribution in [2.75, 3.05) is 26.2 Å². The van der Waals surface area contributed by atoms with Crippen molar-refractivity contribution in [2.45, 2.75) is 32.4 Å². The van der Waals surface area contributed by atoms with Crippen LogP contribution < -0.4 is 16.4 Å². The second-order valence-corrected chi connectivity index (χ2v) is 6.87. The summed E-state index contributed by atoms with van der Waals surface area (Å²) in [5.41, 5.74) is 7.01. The normalized spacial score (nSPS) is 15.6. The van der Waals surface area contributed by atoms with Gasteiger partial charge in [-0.3, -0.25) is 9.69 Å². The number of aliphatic imine (C=N–C) groups is 1. The number of piperidine rings is 1. The van der Waals surface area contributed by atoms with E-state index in [0.717, 1.165) is 49.7 Å². The molecule has 8 nitrogen and oxygen atoms in total. The zero-order valence-electron chi connectivity index (χ0n) is 16.6. The first-order valence-corrected chi connectivity index (χ1v) is 9.69. The van der Waals surface area contributed by atoms with E-state index in [1.165, 1.54) is 0 Å². The zero-order valence-corrected chi connectivity index (χ0v) is 19.0. The SMILES string of the molecule is CCNC(=NCc1coc(-c2ccccc2)n1)NC1CCN(CC(N)=O)CC1.I. The molecular formula is C20H29IN6O2. The Morgan fingerprint density at radius 2 is 2.03 bits per heavy atom. The smallest absolute Gasteiger partial charge is 0.231 e. The molecule has 1 aromatic heterocycles. The lowest BCUT2D eigenvalue weighted by atomic mass is 10.1. The van der Waals surface area contributed by atoms with Crippen LogP contribution in [0.4, 0.5) is 0 Å². The highest BCUT2D eigenvalue weighted by Crippen LogP contribution is 2.18. The van der Waals surface area contributed by atoms with Gasteiger partial charge in [-0.15, -0.1) is 24.0 Å². The van der Waals surface area contributed by atoms with Gasteiger partial charge in [0.15, 0.2) is 5.96 Å². The number of likely N-dealkylation sites (tertiary alicyclic amines) is 1. The third-order valence-corrected chi connectivity index (χ3v) is 4.62. The van der Waals surface area contributed by atoms with Gasteiger partial charge in [-0.25, -0.2) is 9.98 Å². The topological polar surface area (TPSA) is 109 Å². The molecule has 29 heavy (non-hydrogen) atoms. The van der Waals surface area contributed by atoms with Crippen molar-refractivity contribution in [3.05, 3.63) is 42.3 Å². The Labute approximate surface area is 188 Å². The van der Waals surface area contributed by atoms with Crippen LogP contribution in [-0.2, 0) is 11.3 Å². The number of oxazole rings is 1.